The summed E-state index contributed by atoms with van der Waals surface area (Å²) in [7, 11) is 0. The van der Waals surface area contributed by atoms with Crippen LogP contribution in [0, 0.1) is 0 Å². The van der Waals surface area contributed by atoms with Gasteiger partial charge < -0.3 is 16.2 Å². The van der Waals surface area contributed by atoms with E-state index in [0.717, 1.165) is 29.9 Å². The first-order valence-corrected chi connectivity index (χ1v) is 8.83. The van der Waals surface area contributed by atoms with Crippen LogP contribution in [0.2, 0.25) is 0 Å². The zero-order valence-electron chi connectivity index (χ0n) is 16.0. The largest absolute Gasteiger partial charge is 0.457 e. The van der Waals surface area contributed by atoms with E-state index in [1.54, 1.807) is 6.21 Å². The molecule has 0 radical (unpaired) electrons. The van der Waals surface area contributed by atoms with E-state index < -0.39 is 0 Å². The fourth-order valence-electron chi connectivity index (χ4n) is 2.56. The highest BCUT2D eigenvalue weighted by Gasteiger charge is 2.16. The number of rotatable bonds is 6. The molecule has 0 unspecified atom stereocenters. The number of nitrogens with zero attached hydrogens (tertiary/aromatic N) is 2. The molecule has 138 valence electrons. The fraction of sp³-hybridized carbons (Fsp3) is 0.333. The topological polar surface area (TPSA) is 86.0 Å². The first kappa shape index (κ1) is 19.5. The van der Waals surface area contributed by atoms with Gasteiger partial charge in [0.05, 0.1) is 6.21 Å². The molecule has 5 nitrogen and oxygen atoms in total. The van der Waals surface area contributed by atoms with Crippen LogP contribution in [-0.2, 0) is 11.8 Å². The highest BCUT2D eigenvalue weighted by Crippen LogP contribution is 2.31. The molecule has 0 aliphatic rings. The Balaban J connectivity index is 2.27. The minimum atomic E-state index is -0.0724. The highest BCUT2D eigenvalue weighted by atomic mass is 16.5. The molecule has 2 rings (SSSR count). The van der Waals surface area contributed by atoms with Gasteiger partial charge in [0.15, 0.2) is 0 Å². The standard InChI is InChI=1S/C21H28N4O/c1-5-7-16-13-17(21(2,3)4)10-11-19(16)26-18-9-6-8-15(12-18)14-24-25-20(22)23/h6,8-14H,5,7H2,1-4H3,(H4,22,23,25)/b24-14+. The molecule has 0 aliphatic carbocycles. The third-order valence-electron chi connectivity index (χ3n) is 3.91. The van der Waals surface area contributed by atoms with Crippen molar-refractivity contribution in [3.05, 3.63) is 59.2 Å². The number of aryl methyl sites for hydroxylation is 1. The van der Waals surface area contributed by atoms with Gasteiger partial charge in [-0.1, -0.05) is 58.4 Å². The Hall–Kier alpha value is -2.82. The number of benzene rings is 2. The first-order valence-electron chi connectivity index (χ1n) is 8.83. The Kier molecular flexibility index (Phi) is 6.39. The van der Waals surface area contributed by atoms with Crippen LogP contribution in [0.4, 0.5) is 0 Å². The van der Waals surface area contributed by atoms with Crippen LogP contribution in [0.3, 0.4) is 0 Å². The summed E-state index contributed by atoms with van der Waals surface area (Å²) in [5.74, 6) is 1.56. The van der Waals surface area contributed by atoms with E-state index in [-0.39, 0.29) is 11.4 Å². The highest BCUT2D eigenvalue weighted by molar-refractivity contribution is 5.82. The number of hydrogen-bond donors (Lipinski definition) is 2. The van der Waals surface area contributed by atoms with E-state index >= 15 is 0 Å². The minimum Gasteiger partial charge on any atom is -0.457 e. The SMILES string of the molecule is CCCc1cc(C(C)(C)C)ccc1Oc1cccc(/C=N/N=C(N)N)c1. The molecule has 0 spiro atoms. The van der Waals surface area contributed by atoms with Crippen molar-refractivity contribution in [3.8, 4) is 11.5 Å². The lowest BCUT2D eigenvalue weighted by Gasteiger charge is -2.21. The summed E-state index contributed by atoms with van der Waals surface area (Å²) in [6.07, 6.45) is 3.63. The van der Waals surface area contributed by atoms with Gasteiger partial charge >= 0.3 is 0 Å². The Morgan fingerprint density at radius 1 is 1.12 bits per heavy atom. The molecule has 2 aromatic carbocycles. The third kappa shape index (κ3) is 5.62. The molecule has 0 heterocycles. The van der Waals surface area contributed by atoms with Gasteiger partial charge in [-0.15, -0.1) is 5.10 Å². The van der Waals surface area contributed by atoms with Crippen molar-refractivity contribution in [2.75, 3.05) is 0 Å². The summed E-state index contributed by atoms with van der Waals surface area (Å²) in [5, 5.41) is 7.44. The summed E-state index contributed by atoms with van der Waals surface area (Å²) < 4.78 is 6.15. The van der Waals surface area contributed by atoms with E-state index in [1.165, 1.54) is 11.1 Å². The second-order valence-corrected chi connectivity index (χ2v) is 7.27. The monoisotopic (exact) mass is 352 g/mol. The third-order valence-corrected chi connectivity index (χ3v) is 3.91. The second-order valence-electron chi connectivity index (χ2n) is 7.27. The zero-order valence-corrected chi connectivity index (χ0v) is 16.0. The van der Waals surface area contributed by atoms with E-state index in [4.69, 9.17) is 16.2 Å². The van der Waals surface area contributed by atoms with Crippen LogP contribution in [0.25, 0.3) is 0 Å². The molecule has 4 N–H and O–H groups in total. The molecular weight excluding hydrogens is 324 g/mol. The molecule has 0 fully saturated rings. The van der Waals surface area contributed by atoms with Crippen molar-refractivity contribution in [3.63, 3.8) is 0 Å². The van der Waals surface area contributed by atoms with E-state index in [0.29, 0.717) is 0 Å². The lowest BCUT2D eigenvalue weighted by Crippen LogP contribution is -2.21. The first-order chi connectivity index (χ1) is 12.3. The second kappa shape index (κ2) is 8.52. The Morgan fingerprint density at radius 3 is 2.54 bits per heavy atom. The van der Waals surface area contributed by atoms with Gasteiger partial charge in [-0.3, -0.25) is 0 Å². The average Bonchev–Trinajstić information content (AvgIpc) is 2.56. The molecule has 0 saturated heterocycles. The van der Waals surface area contributed by atoms with Crippen LogP contribution in [0.15, 0.2) is 52.7 Å². The predicted molar refractivity (Wildman–Crippen MR) is 109 cm³/mol. The zero-order chi connectivity index (χ0) is 19.2. The lowest BCUT2D eigenvalue weighted by atomic mass is 9.85. The molecule has 0 atom stereocenters. The number of nitrogens with two attached hydrogens (primary N) is 2. The van der Waals surface area contributed by atoms with E-state index in [9.17, 15) is 0 Å². The van der Waals surface area contributed by atoms with E-state index in [1.807, 2.05) is 24.3 Å². The van der Waals surface area contributed by atoms with Crippen molar-refractivity contribution in [2.45, 2.75) is 46.0 Å². The van der Waals surface area contributed by atoms with Crippen LogP contribution in [0.1, 0.15) is 50.8 Å². The van der Waals surface area contributed by atoms with Crippen LogP contribution >= 0.6 is 0 Å². The Morgan fingerprint density at radius 2 is 1.88 bits per heavy atom. The normalized spacial score (nSPS) is 11.5. The molecule has 0 aromatic heterocycles. The Bertz CT molecular complexity index is 800. The smallest absolute Gasteiger partial charge is 0.211 e. The maximum Gasteiger partial charge on any atom is 0.211 e. The number of hydrogen-bond acceptors (Lipinski definition) is 3. The van der Waals surface area contributed by atoms with Gasteiger partial charge in [-0.25, -0.2) is 0 Å². The van der Waals surface area contributed by atoms with Crippen molar-refractivity contribution >= 4 is 12.2 Å². The lowest BCUT2D eigenvalue weighted by molar-refractivity contribution is 0.474. The maximum atomic E-state index is 6.15. The van der Waals surface area contributed by atoms with Crippen LogP contribution in [-0.4, -0.2) is 12.2 Å². The van der Waals surface area contributed by atoms with Crippen molar-refractivity contribution in [2.24, 2.45) is 21.7 Å². The van der Waals surface area contributed by atoms with Gasteiger partial charge in [-0.05, 0) is 46.7 Å². The molecule has 0 amide bonds. The van der Waals surface area contributed by atoms with Crippen molar-refractivity contribution < 1.29 is 4.74 Å². The summed E-state index contributed by atoms with van der Waals surface area (Å²) >= 11 is 0. The number of guanidine groups is 1. The van der Waals surface area contributed by atoms with Gasteiger partial charge in [0.2, 0.25) is 5.96 Å². The molecule has 2 aromatic rings. The van der Waals surface area contributed by atoms with Gasteiger partial charge in [0.1, 0.15) is 11.5 Å². The summed E-state index contributed by atoms with van der Waals surface area (Å²) in [4.78, 5) is 0. The Labute approximate surface area is 155 Å². The van der Waals surface area contributed by atoms with E-state index in [2.05, 4.69) is 56.1 Å². The average molecular weight is 352 g/mol. The number of ether oxygens (including phenoxy) is 1. The predicted octanol–water partition coefficient (Wildman–Crippen LogP) is 4.34. The minimum absolute atomic E-state index is 0.0724. The van der Waals surface area contributed by atoms with Gasteiger partial charge in [0, 0.05) is 0 Å². The molecule has 0 saturated carbocycles. The van der Waals surface area contributed by atoms with Gasteiger partial charge in [0.25, 0.3) is 0 Å². The summed E-state index contributed by atoms with van der Waals surface area (Å²) in [6.45, 7) is 8.84. The maximum absolute atomic E-state index is 6.15. The molecule has 0 bridgehead atoms. The van der Waals surface area contributed by atoms with Crippen molar-refractivity contribution in [1.29, 1.82) is 0 Å². The summed E-state index contributed by atoms with van der Waals surface area (Å²) in [6, 6.07) is 14.1. The summed E-state index contributed by atoms with van der Waals surface area (Å²) in [5.41, 5.74) is 14.0. The molecule has 26 heavy (non-hydrogen) atoms. The fourth-order valence-corrected chi connectivity index (χ4v) is 2.56. The van der Waals surface area contributed by atoms with Crippen molar-refractivity contribution in [1.82, 2.24) is 0 Å². The van der Waals surface area contributed by atoms with Crippen LogP contribution < -0.4 is 16.2 Å². The van der Waals surface area contributed by atoms with Crippen LogP contribution in [0.5, 0.6) is 11.5 Å². The quantitative estimate of drug-likeness (QED) is 0.461. The molecule has 0 aliphatic heterocycles. The van der Waals surface area contributed by atoms with Gasteiger partial charge in [-0.2, -0.15) is 5.10 Å². The molecular formula is C21H28N4O. The molecule has 5 heteroatoms.